The molecule has 1 aromatic rings. The molecule has 0 aliphatic carbocycles. The Bertz CT molecular complexity index is 541. The predicted molar refractivity (Wildman–Crippen MR) is 89.2 cm³/mol. The molecule has 2 rings (SSSR count). The minimum Gasteiger partial charge on any atom is -0.380 e. The van der Waals surface area contributed by atoms with E-state index in [-0.39, 0.29) is 30.9 Å². The second-order valence-electron chi connectivity index (χ2n) is 5.89. The molecule has 3 N–H and O–H groups in total. The van der Waals surface area contributed by atoms with Crippen molar-refractivity contribution in [3.05, 3.63) is 29.8 Å². The summed E-state index contributed by atoms with van der Waals surface area (Å²) in [7, 11) is 1.52. The van der Waals surface area contributed by atoms with Crippen LogP contribution in [0.3, 0.4) is 0 Å². The van der Waals surface area contributed by atoms with Gasteiger partial charge >= 0.3 is 0 Å². The van der Waals surface area contributed by atoms with E-state index in [4.69, 9.17) is 10.5 Å². The molecule has 1 aliphatic rings. The van der Waals surface area contributed by atoms with Crippen molar-refractivity contribution in [1.82, 2.24) is 5.32 Å². The predicted octanol–water partition coefficient (Wildman–Crippen LogP) is 0.970. The molecule has 126 valence electrons. The van der Waals surface area contributed by atoms with Crippen molar-refractivity contribution in [3.8, 4) is 0 Å². The molecule has 1 fully saturated rings. The van der Waals surface area contributed by atoms with E-state index >= 15 is 0 Å². The molecule has 2 atom stereocenters. The molecule has 1 heterocycles. The maximum atomic E-state index is 12.6. The number of benzene rings is 1. The van der Waals surface area contributed by atoms with E-state index in [1.165, 1.54) is 7.11 Å². The largest absolute Gasteiger partial charge is 0.380 e. The molecular weight excluding hydrogens is 294 g/mol. The van der Waals surface area contributed by atoms with Crippen LogP contribution in [0.25, 0.3) is 0 Å². The van der Waals surface area contributed by atoms with Crippen LogP contribution in [-0.4, -0.2) is 44.2 Å². The van der Waals surface area contributed by atoms with E-state index in [0.29, 0.717) is 13.0 Å². The number of carbonyl (C=O) groups is 2. The topological polar surface area (TPSA) is 84.7 Å². The fourth-order valence-electron chi connectivity index (χ4n) is 2.71. The third kappa shape index (κ3) is 4.53. The Balaban J connectivity index is 1.99. The van der Waals surface area contributed by atoms with Crippen molar-refractivity contribution < 1.29 is 14.3 Å². The highest BCUT2D eigenvalue weighted by molar-refractivity contribution is 5.99. The number of carbonyl (C=O) groups excluding carboxylic acids is 2. The molecule has 23 heavy (non-hydrogen) atoms. The van der Waals surface area contributed by atoms with Gasteiger partial charge < -0.3 is 20.7 Å². The summed E-state index contributed by atoms with van der Waals surface area (Å²) < 4.78 is 5.11. The second-order valence-corrected chi connectivity index (χ2v) is 5.89. The lowest BCUT2D eigenvalue weighted by atomic mass is 10.0. The van der Waals surface area contributed by atoms with E-state index in [0.717, 1.165) is 17.7 Å². The van der Waals surface area contributed by atoms with Crippen LogP contribution >= 0.6 is 0 Å². The van der Waals surface area contributed by atoms with Crippen LogP contribution in [0.4, 0.5) is 5.69 Å². The Labute approximate surface area is 137 Å². The van der Waals surface area contributed by atoms with Crippen molar-refractivity contribution in [3.63, 3.8) is 0 Å². The van der Waals surface area contributed by atoms with Crippen LogP contribution in [-0.2, 0) is 14.3 Å². The number of nitrogens with zero attached hydrogens (tertiary/aromatic N) is 1. The monoisotopic (exact) mass is 319 g/mol. The van der Waals surface area contributed by atoms with Gasteiger partial charge in [-0.25, -0.2) is 0 Å². The van der Waals surface area contributed by atoms with Crippen LogP contribution in [0.1, 0.15) is 24.8 Å². The molecule has 1 aliphatic heterocycles. The van der Waals surface area contributed by atoms with Gasteiger partial charge in [-0.2, -0.15) is 0 Å². The van der Waals surface area contributed by atoms with Crippen LogP contribution in [0.2, 0.25) is 0 Å². The fraction of sp³-hybridized carbons (Fsp3) is 0.529. The normalized spacial score (nSPS) is 19.5. The first kappa shape index (κ1) is 17.4. The molecule has 0 saturated carbocycles. The highest BCUT2D eigenvalue weighted by Crippen LogP contribution is 2.21. The molecular formula is C17H25N3O3. The van der Waals surface area contributed by atoms with Crippen molar-refractivity contribution in [2.75, 3.05) is 25.1 Å². The van der Waals surface area contributed by atoms with Gasteiger partial charge in [0.05, 0.1) is 12.5 Å². The average molecular weight is 319 g/mol. The zero-order chi connectivity index (χ0) is 16.8. The zero-order valence-corrected chi connectivity index (χ0v) is 13.7. The minimum atomic E-state index is -0.479. The van der Waals surface area contributed by atoms with Gasteiger partial charge in [0.25, 0.3) is 0 Å². The quantitative estimate of drug-likeness (QED) is 0.818. The Morgan fingerprint density at radius 2 is 2.13 bits per heavy atom. The Morgan fingerprint density at radius 3 is 2.74 bits per heavy atom. The van der Waals surface area contributed by atoms with Gasteiger partial charge in [-0.3, -0.25) is 9.59 Å². The first-order valence-corrected chi connectivity index (χ1v) is 7.95. The highest BCUT2D eigenvalue weighted by Gasteiger charge is 2.31. The van der Waals surface area contributed by atoms with E-state index < -0.39 is 6.04 Å². The minimum absolute atomic E-state index is 0.0600. The summed E-state index contributed by atoms with van der Waals surface area (Å²) in [6.45, 7) is 2.96. The van der Waals surface area contributed by atoms with Crippen molar-refractivity contribution in [2.24, 2.45) is 5.73 Å². The summed E-state index contributed by atoms with van der Waals surface area (Å²) in [4.78, 5) is 26.4. The molecule has 1 saturated heterocycles. The maximum Gasteiger partial charge on any atom is 0.249 e. The van der Waals surface area contributed by atoms with Gasteiger partial charge in [0, 0.05) is 25.9 Å². The Hall–Kier alpha value is -1.92. The van der Waals surface area contributed by atoms with E-state index in [1.807, 2.05) is 31.2 Å². The van der Waals surface area contributed by atoms with Crippen LogP contribution in [0.15, 0.2) is 24.3 Å². The standard InChI is InChI=1S/C17H25N3O3/c1-12-5-7-13(8-6-12)20-9-3-4-15(17(20)22)19-16(21)10-14(11-18)23-2/h5-8,14-15H,3-4,9-11,18H2,1-2H3,(H,19,21). The summed E-state index contributed by atoms with van der Waals surface area (Å²) in [5.41, 5.74) is 7.54. The first-order chi connectivity index (χ1) is 11.0. The number of anilines is 1. The summed E-state index contributed by atoms with van der Waals surface area (Å²) in [5.74, 6) is -0.262. The Kier molecular flexibility index (Phi) is 6.12. The van der Waals surface area contributed by atoms with Crippen LogP contribution in [0, 0.1) is 6.92 Å². The van der Waals surface area contributed by atoms with Crippen molar-refractivity contribution in [2.45, 2.75) is 38.3 Å². The number of piperidine rings is 1. The molecule has 2 amide bonds. The smallest absolute Gasteiger partial charge is 0.249 e. The lowest BCUT2D eigenvalue weighted by molar-refractivity contribution is -0.129. The van der Waals surface area contributed by atoms with Crippen LogP contribution in [0.5, 0.6) is 0 Å². The zero-order valence-electron chi connectivity index (χ0n) is 13.7. The average Bonchev–Trinajstić information content (AvgIpc) is 2.55. The number of ether oxygens (including phenoxy) is 1. The summed E-state index contributed by atoms with van der Waals surface area (Å²) >= 11 is 0. The summed E-state index contributed by atoms with van der Waals surface area (Å²) in [6.07, 6.45) is 1.37. The fourth-order valence-corrected chi connectivity index (χ4v) is 2.71. The number of hydrogen-bond donors (Lipinski definition) is 2. The third-order valence-electron chi connectivity index (χ3n) is 4.13. The third-order valence-corrected chi connectivity index (χ3v) is 4.13. The number of amides is 2. The number of hydrogen-bond acceptors (Lipinski definition) is 4. The molecule has 0 bridgehead atoms. The molecule has 0 radical (unpaired) electrons. The van der Waals surface area contributed by atoms with Crippen molar-refractivity contribution in [1.29, 1.82) is 0 Å². The first-order valence-electron chi connectivity index (χ1n) is 7.95. The number of aryl methyl sites for hydroxylation is 1. The van der Waals surface area contributed by atoms with E-state index in [2.05, 4.69) is 5.32 Å². The summed E-state index contributed by atoms with van der Waals surface area (Å²) in [5, 5.41) is 2.81. The van der Waals surface area contributed by atoms with Gasteiger partial charge in [-0.1, -0.05) is 17.7 Å². The highest BCUT2D eigenvalue weighted by atomic mass is 16.5. The molecule has 1 aromatic carbocycles. The maximum absolute atomic E-state index is 12.6. The van der Waals surface area contributed by atoms with Gasteiger partial charge in [0.1, 0.15) is 6.04 Å². The molecule has 6 heteroatoms. The Morgan fingerprint density at radius 1 is 1.43 bits per heavy atom. The summed E-state index contributed by atoms with van der Waals surface area (Å²) in [6, 6.07) is 7.36. The van der Waals surface area contributed by atoms with Gasteiger partial charge in [-0.05, 0) is 31.9 Å². The molecule has 0 aromatic heterocycles. The lowest BCUT2D eigenvalue weighted by Crippen LogP contribution is -2.53. The molecule has 2 unspecified atom stereocenters. The lowest BCUT2D eigenvalue weighted by Gasteiger charge is -2.33. The van der Waals surface area contributed by atoms with Gasteiger partial charge in [0.2, 0.25) is 11.8 Å². The SMILES string of the molecule is COC(CN)CC(=O)NC1CCCN(c2ccc(C)cc2)C1=O. The molecule has 6 nitrogen and oxygen atoms in total. The van der Waals surface area contributed by atoms with Gasteiger partial charge in [-0.15, -0.1) is 0 Å². The van der Waals surface area contributed by atoms with E-state index in [9.17, 15) is 9.59 Å². The van der Waals surface area contributed by atoms with E-state index in [1.54, 1.807) is 4.90 Å². The number of nitrogens with two attached hydrogens (primary N) is 1. The number of methoxy groups -OCH3 is 1. The van der Waals surface area contributed by atoms with Crippen LogP contribution < -0.4 is 16.0 Å². The van der Waals surface area contributed by atoms with Gasteiger partial charge in [0.15, 0.2) is 0 Å². The number of nitrogens with one attached hydrogen (secondary N) is 1. The van der Waals surface area contributed by atoms with Crippen molar-refractivity contribution >= 4 is 17.5 Å². The number of rotatable bonds is 6. The molecule has 0 spiro atoms. The second kappa shape index (κ2) is 8.08.